The van der Waals surface area contributed by atoms with Crippen LogP contribution in [0.5, 0.6) is 0 Å². The minimum atomic E-state index is -3.89. The van der Waals surface area contributed by atoms with Gasteiger partial charge in [0.1, 0.15) is 4.90 Å². The lowest BCUT2D eigenvalue weighted by Crippen LogP contribution is -2.31. The fourth-order valence-electron chi connectivity index (χ4n) is 3.14. The second-order valence-corrected chi connectivity index (χ2v) is 10.5. The van der Waals surface area contributed by atoms with Crippen molar-refractivity contribution in [1.82, 2.24) is 24.1 Å². The number of aromatic nitrogens is 4. The van der Waals surface area contributed by atoms with Crippen LogP contribution in [0.1, 0.15) is 31.3 Å². The van der Waals surface area contributed by atoms with Crippen molar-refractivity contribution < 1.29 is 16.8 Å². The van der Waals surface area contributed by atoms with E-state index in [1.807, 2.05) is 13.8 Å². The van der Waals surface area contributed by atoms with Crippen LogP contribution in [0.3, 0.4) is 0 Å². The molecule has 0 fully saturated rings. The lowest BCUT2D eigenvalue weighted by molar-refractivity contribution is 0.514. The molecular formula is C17H24N6O4S2. The van der Waals surface area contributed by atoms with Gasteiger partial charge in [-0.05, 0) is 45.9 Å². The molecule has 0 radical (unpaired) electrons. The molecule has 0 bridgehead atoms. The Morgan fingerprint density at radius 1 is 1.14 bits per heavy atom. The van der Waals surface area contributed by atoms with E-state index in [0.29, 0.717) is 17.1 Å². The summed E-state index contributed by atoms with van der Waals surface area (Å²) in [6, 6.07) is 4.97. The van der Waals surface area contributed by atoms with Gasteiger partial charge in [-0.25, -0.2) is 26.1 Å². The summed E-state index contributed by atoms with van der Waals surface area (Å²) in [5.74, 6) is -0.410. The minimum Gasteiger partial charge on any atom is -0.283 e. The maximum Gasteiger partial charge on any atom is 0.244 e. The monoisotopic (exact) mass is 440 g/mol. The molecule has 3 rings (SSSR count). The van der Waals surface area contributed by atoms with Crippen LogP contribution in [-0.4, -0.2) is 48.5 Å². The van der Waals surface area contributed by atoms with Crippen molar-refractivity contribution in [2.24, 2.45) is 0 Å². The van der Waals surface area contributed by atoms with Crippen molar-refractivity contribution in [3.8, 4) is 0 Å². The van der Waals surface area contributed by atoms with Crippen molar-refractivity contribution >= 4 is 31.3 Å². The first-order valence-corrected chi connectivity index (χ1v) is 12.1. The Labute approximate surface area is 170 Å². The summed E-state index contributed by atoms with van der Waals surface area (Å²) in [7, 11) is -7.63. The first-order chi connectivity index (χ1) is 13.5. The molecule has 3 aromatic rings. The third kappa shape index (κ3) is 4.60. The molecule has 0 aliphatic carbocycles. The van der Waals surface area contributed by atoms with Crippen LogP contribution in [0.2, 0.25) is 0 Å². The Hall–Kier alpha value is -2.44. The Morgan fingerprint density at radius 2 is 1.86 bits per heavy atom. The number of nitrogens with one attached hydrogen (secondary N) is 2. The molecule has 29 heavy (non-hydrogen) atoms. The molecule has 0 saturated carbocycles. The fraction of sp³-hybridized carbons (Fsp3) is 0.412. The molecule has 0 unspecified atom stereocenters. The average molecular weight is 441 g/mol. The maximum atomic E-state index is 12.7. The zero-order valence-electron chi connectivity index (χ0n) is 16.6. The fourth-order valence-corrected chi connectivity index (χ4v) is 5.65. The number of nitrogens with zero attached hydrogens (tertiary/aromatic N) is 4. The van der Waals surface area contributed by atoms with Gasteiger partial charge in [-0.2, -0.15) is 10.2 Å². The highest BCUT2D eigenvalue weighted by Crippen LogP contribution is 2.22. The van der Waals surface area contributed by atoms with Crippen LogP contribution in [0.4, 0.5) is 5.69 Å². The molecule has 12 heteroatoms. The highest BCUT2D eigenvalue weighted by Gasteiger charge is 2.25. The van der Waals surface area contributed by atoms with Crippen LogP contribution in [0.25, 0.3) is 5.52 Å². The predicted octanol–water partition coefficient (Wildman–Crippen LogP) is 1.45. The number of sulfonamides is 2. The molecule has 0 saturated heterocycles. The summed E-state index contributed by atoms with van der Waals surface area (Å²) in [5.41, 5.74) is 2.00. The van der Waals surface area contributed by atoms with Crippen LogP contribution >= 0.6 is 0 Å². The second kappa shape index (κ2) is 7.76. The summed E-state index contributed by atoms with van der Waals surface area (Å²) < 4.78 is 58.1. The van der Waals surface area contributed by atoms with E-state index in [0.717, 1.165) is 5.52 Å². The van der Waals surface area contributed by atoms with E-state index >= 15 is 0 Å². The summed E-state index contributed by atoms with van der Waals surface area (Å²) >= 11 is 0. The van der Waals surface area contributed by atoms with E-state index in [4.69, 9.17) is 0 Å². The number of fused-ring (bicyclic) bond motifs is 1. The highest BCUT2D eigenvalue weighted by atomic mass is 32.2. The van der Waals surface area contributed by atoms with Crippen LogP contribution < -0.4 is 9.44 Å². The van der Waals surface area contributed by atoms with Gasteiger partial charge in [0.25, 0.3) is 0 Å². The van der Waals surface area contributed by atoms with Crippen LogP contribution in [0.15, 0.2) is 35.5 Å². The summed E-state index contributed by atoms with van der Waals surface area (Å²) in [5, 5.41) is 8.31. The average Bonchev–Trinajstić information content (AvgIpc) is 3.17. The number of anilines is 1. The third-order valence-corrected chi connectivity index (χ3v) is 7.35. The van der Waals surface area contributed by atoms with Gasteiger partial charge in [0.05, 0.1) is 28.3 Å². The van der Waals surface area contributed by atoms with E-state index < -0.39 is 25.8 Å². The smallest absolute Gasteiger partial charge is 0.244 e. The molecule has 0 spiro atoms. The summed E-state index contributed by atoms with van der Waals surface area (Å²) in [6.07, 6.45) is 3.24. The quantitative estimate of drug-likeness (QED) is 0.546. The number of rotatable bonds is 8. The molecule has 10 nitrogen and oxygen atoms in total. The SMILES string of the molecule is Cc1nn(C(C)C)c(C)c1S(=O)(=O)NCCS(=O)(=O)Nc1ccn2nccc2c1. The number of pyridine rings is 1. The zero-order valence-corrected chi connectivity index (χ0v) is 18.2. The molecular weight excluding hydrogens is 416 g/mol. The van der Waals surface area contributed by atoms with E-state index in [9.17, 15) is 16.8 Å². The zero-order chi connectivity index (χ0) is 21.4. The maximum absolute atomic E-state index is 12.7. The topological polar surface area (TPSA) is 127 Å². The van der Waals surface area contributed by atoms with Gasteiger partial charge in [0, 0.05) is 25.0 Å². The number of hydrogen-bond donors (Lipinski definition) is 2. The van der Waals surface area contributed by atoms with E-state index in [1.165, 1.54) is 0 Å². The molecule has 3 heterocycles. The van der Waals surface area contributed by atoms with Gasteiger partial charge in [0.15, 0.2) is 0 Å². The first-order valence-electron chi connectivity index (χ1n) is 8.99. The van der Waals surface area contributed by atoms with Gasteiger partial charge in [-0.15, -0.1) is 0 Å². The molecule has 0 atom stereocenters. The number of aryl methyl sites for hydroxylation is 1. The molecule has 0 amide bonds. The van der Waals surface area contributed by atoms with Gasteiger partial charge in [0.2, 0.25) is 20.0 Å². The van der Waals surface area contributed by atoms with Gasteiger partial charge in [-0.1, -0.05) is 0 Å². The van der Waals surface area contributed by atoms with Crippen molar-refractivity contribution in [2.75, 3.05) is 17.0 Å². The van der Waals surface area contributed by atoms with E-state index in [1.54, 1.807) is 53.6 Å². The largest absolute Gasteiger partial charge is 0.283 e. The standard InChI is InChI=1S/C17H24N6O4S2/c1-12(2)23-14(4)17(13(3)20-23)29(26,27)19-8-10-28(24,25)21-15-6-9-22-16(11-15)5-7-18-22/h5-7,9,11-12,19,21H,8,10H2,1-4H3. The Morgan fingerprint density at radius 3 is 2.52 bits per heavy atom. The summed E-state index contributed by atoms with van der Waals surface area (Å²) in [6.45, 7) is 6.84. The molecule has 0 aromatic carbocycles. The predicted molar refractivity (Wildman–Crippen MR) is 110 cm³/mol. The lowest BCUT2D eigenvalue weighted by Gasteiger charge is -2.11. The van der Waals surface area contributed by atoms with Crippen LogP contribution in [0, 0.1) is 13.8 Å². The first kappa shape index (κ1) is 21.3. The number of hydrogen-bond acceptors (Lipinski definition) is 6. The normalized spacial score (nSPS) is 12.7. The van der Waals surface area contributed by atoms with Crippen molar-refractivity contribution in [2.45, 2.75) is 38.6 Å². The van der Waals surface area contributed by atoms with Crippen molar-refractivity contribution in [3.63, 3.8) is 0 Å². The van der Waals surface area contributed by atoms with Gasteiger partial charge < -0.3 is 0 Å². The molecule has 0 aliphatic heterocycles. The van der Waals surface area contributed by atoms with Crippen molar-refractivity contribution in [1.29, 1.82) is 0 Å². The molecule has 2 N–H and O–H groups in total. The Balaban J connectivity index is 1.68. The minimum absolute atomic E-state index is 0.00959. The molecule has 158 valence electrons. The third-order valence-electron chi connectivity index (χ3n) is 4.35. The van der Waals surface area contributed by atoms with Crippen molar-refractivity contribution in [3.05, 3.63) is 42.0 Å². The lowest BCUT2D eigenvalue weighted by atomic mass is 10.3. The van der Waals surface area contributed by atoms with Gasteiger partial charge >= 0.3 is 0 Å². The summed E-state index contributed by atoms with van der Waals surface area (Å²) in [4.78, 5) is 0.0859. The van der Waals surface area contributed by atoms with E-state index in [2.05, 4.69) is 19.6 Å². The highest BCUT2D eigenvalue weighted by molar-refractivity contribution is 7.92. The Bertz CT molecular complexity index is 1240. The molecule has 0 aliphatic rings. The van der Waals surface area contributed by atoms with E-state index in [-0.39, 0.29) is 17.5 Å². The van der Waals surface area contributed by atoms with Gasteiger partial charge in [-0.3, -0.25) is 9.40 Å². The van der Waals surface area contributed by atoms with Crippen LogP contribution in [-0.2, 0) is 20.0 Å². The second-order valence-electron chi connectivity index (χ2n) is 6.97. The molecule has 3 aromatic heterocycles. The Kier molecular flexibility index (Phi) is 5.70.